The van der Waals surface area contributed by atoms with Gasteiger partial charge in [0.25, 0.3) is 0 Å². The zero-order chi connectivity index (χ0) is 17.7. The zero-order valence-electron chi connectivity index (χ0n) is 16.3. The molecule has 1 fully saturated rings. The Hall–Kier alpha value is -1.56. The lowest BCUT2D eigenvalue weighted by Gasteiger charge is -2.59. The summed E-state index contributed by atoms with van der Waals surface area (Å²) in [6.07, 6.45) is 5.27. The number of hydrogen-bond acceptors (Lipinski definition) is 0. The minimum atomic E-state index is 0.352. The monoisotopic (exact) mass is 332 g/mol. The van der Waals surface area contributed by atoms with Gasteiger partial charge in [0.05, 0.1) is 0 Å². The first kappa shape index (κ1) is 16.9. The molecular weight excluding hydrogens is 300 g/mol. The largest absolute Gasteiger partial charge is 0.0622 e. The number of hydrogen-bond donors (Lipinski definition) is 0. The average molecular weight is 333 g/mol. The number of rotatable bonds is 2. The summed E-state index contributed by atoms with van der Waals surface area (Å²) in [5.41, 5.74) is 5.48. The van der Waals surface area contributed by atoms with Gasteiger partial charge in [-0.3, -0.25) is 0 Å². The van der Waals surface area contributed by atoms with E-state index >= 15 is 0 Å². The van der Waals surface area contributed by atoms with Gasteiger partial charge in [0.2, 0.25) is 0 Å². The number of aryl methyl sites for hydroxylation is 1. The molecule has 2 aliphatic carbocycles. The van der Waals surface area contributed by atoms with Crippen molar-refractivity contribution in [2.75, 3.05) is 0 Å². The first-order chi connectivity index (χ1) is 11.9. The van der Waals surface area contributed by atoms with Crippen LogP contribution in [0.5, 0.6) is 0 Å². The molecule has 1 saturated carbocycles. The predicted molar refractivity (Wildman–Crippen MR) is 107 cm³/mol. The van der Waals surface area contributed by atoms with Crippen molar-refractivity contribution in [2.45, 2.75) is 64.7 Å². The Kier molecular flexibility index (Phi) is 4.06. The van der Waals surface area contributed by atoms with E-state index < -0.39 is 0 Å². The average Bonchev–Trinajstić information content (AvgIpc) is 2.62. The molecule has 0 radical (unpaired) electrons. The third-order valence-electron chi connectivity index (χ3n) is 7.86. The van der Waals surface area contributed by atoms with Crippen molar-refractivity contribution in [1.82, 2.24) is 0 Å². The fraction of sp³-hybridized carbons (Fsp3) is 0.520. The van der Waals surface area contributed by atoms with E-state index in [1.807, 2.05) is 0 Å². The highest BCUT2D eigenvalue weighted by Gasteiger charge is 2.54. The fourth-order valence-electron chi connectivity index (χ4n) is 6.57. The fourth-order valence-corrected chi connectivity index (χ4v) is 6.57. The molecule has 0 saturated heterocycles. The van der Waals surface area contributed by atoms with Gasteiger partial charge in [-0.15, -0.1) is 0 Å². The summed E-state index contributed by atoms with van der Waals surface area (Å²) in [6.45, 7) is 10.1. The van der Waals surface area contributed by atoms with Crippen LogP contribution in [0.1, 0.15) is 69.6 Å². The maximum Gasteiger partial charge on any atom is -0.00389 e. The first-order valence-corrected chi connectivity index (χ1v) is 10.1. The number of benzene rings is 2. The molecule has 0 amide bonds. The van der Waals surface area contributed by atoms with Crippen molar-refractivity contribution in [3.63, 3.8) is 0 Å². The summed E-state index contributed by atoms with van der Waals surface area (Å²) in [5.74, 6) is 2.18. The zero-order valence-corrected chi connectivity index (χ0v) is 16.3. The van der Waals surface area contributed by atoms with E-state index in [1.165, 1.54) is 31.2 Å². The molecule has 0 aromatic heterocycles. The third-order valence-corrected chi connectivity index (χ3v) is 7.86. The van der Waals surface area contributed by atoms with Gasteiger partial charge in [0.1, 0.15) is 0 Å². The minimum absolute atomic E-state index is 0.352. The van der Waals surface area contributed by atoms with Crippen molar-refractivity contribution in [3.8, 4) is 0 Å². The van der Waals surface area contributed by atoms with Gasteiger partial charge < -0.3 is 0 Å². The van der Waals surface area contributed by atoms with E-state index in [-0.39, 0.29) is 0 Å². The van der Waals surface area contributed by atoms with Crippen molar-refractivity contribution >= 4 is 0 Å². The Morgan fingerprint density at radius 3 is 2.32 bits per heavy atom. The van der Waals surface area contributed by atoms with Crippen LogP contribution in [-0.4, -0.2) is 0 Å². The van der Waals surface area contributed by atoms with Crippen LogP contribution in [0.4, 0.5) is 0 Å². The number of fused-ring (bicyclic) bond motifs is 3. The predicted octanol–water partition coefficient (Wildman–Crippen LogP) is 6.75. The van der Waals surface area contributed by atoms with Gasteiger partial charge in [0.15, 0.2) is 0 Å². The topological polar surface area (TPSA) is 0 Å². The quantitative estimate of drug-likeness (QED) is 0.571. The summed E-state index contributed by atoms with van der Waals surface area (Å²) in [6, 6.07) is 20.4. The molecule has 2 aromatic rings. The molecule has 132 valence electrons. The maximum absolute atomic E-state index is 2.56. The summed E-state index contributed by atoms with van der Waals surface area (Å²) in [4.78, 5) is 0. The molecule has 25 heavy (non-hydrogen) atoms. The Morgan fingerprint density at radius 2 is 1.56 bits per heavy atom. The van der Waals surface area contributed by atoms with Gasteiger partial charge in [-0.25, -0.2) is 0 Å². The van der Waals surface area contributed by atoms with E-state index in [0.29, 0.717) is 16.7 Å². The Balaban J connectivity index is 1.70. The van der Waals surface area contributed by atoms with Gasteiger partial charge in [-0.1, -0.05) is 82.3 Å². The van der Waals surface area contributed by atoms with Crippen LogP contribution in [0, 0.1) is 17.3 Å². The molecule has 0 bridgehead atoms. The lowest BCUT2D eigenvalue weighted by atomic mass is 9.46. The second kappa shape index (κ2) is 6.01. The van der Waals surface area contributed by atoms with Crippen LogP contribution in [0.2, 0.25) is 0 Å². The highest BCUT2D eigenvalue weighted by atomic mass is 14.6. The smallest absolute Gasteiger partial charge is 0.00389 e. The molecule has 4 atom stereocenters. The summed E-state index contributed by atoms with van der Waals surface area (Å²) < 4.78 is 0. The summed E-state index contributed by atoms with van der Waals surface area (Å²) in [5, 5.41) is 0. The van der Waals surface area contributed by atoms with Crippen LogP contribution < -0.4 is 0 Å². The van der Waals surface area contributed by atoms with E-state index in [1.54, 1.807) is 11.1 Å². The summed E-state index contributed by atoms with van der Waals surface area (Å²) in [7, 11) is 0. The molecule has 2 aromatic carbocycles. The van der Waals surface area contributed by atoms with E-state index in [0.717, 1.165) is 11.8 Å². The van der Waals surface area contributed by atoms with Crippen molar-refractivity contribution in [2.24, 2.45) is 17.3 Å². The van der Waals surface area contributed by atoms with E-state index in [9.17, 15) is 0 Å². The molecule has 0 aliphatic heterocycles. The molecule has 0 unspecified atom stereocenters. The molecule has 0 N–H and O–H groups in total. The molecular formula is C25H32. The SMILES string of the molecule is C[C@H](c1ccccc1)[C@@H]1CC[C@@]2(C)c3ccccc3CC[C@@H]2C1(C)C. The van der Waals surface area contributed by atoms with E-state index in [2.05, 4.69) is 82.3 Å². The lowest BCUT2D eigenvalue weighted by Crippen LogP contribution is -2.52. The Bertz CT molecular complexity index is 742. The second-order valence-electron chi connectivity index (χ2n) is 9.33. The lowest BCUT2D eigenvalue weighted by molar-refractivity contribution is -0.0236. The molecule has 2 aliphatic rings. The highest BCUT2D eigenvalue weighted by Crippen LogP contribution is 2.61. The minimum Gasteiger partial charge on any atom is -0.0622 e. The molecule has 0 heterocycles. The Morgan fingerprint density at radius 1 is 0.880 bits per heavy atom. The van der Waals surface area contributed by atoms with Crippen LogP contribution in [0.3, 0.4) is 0 Å². The van der Waals surface area contributed by atoms with Crippen LogP contribution >= 0.6 is 0 Å². The van der Waals surface area contributed by atoms with Crippen LogP contribution in [-0.2, 0) is 11.8 Å². The van der Waals surface area contributed by atoms with Crippen molar-refractivity contribution < 1.29 is 0 Å². The van der Waals surface area contributed by atoms with Crippen molar-refractivity contribution in [1.29, 1.82) is 0 Å². The highest BCUT2D eigenvalue weighted by molar-refractivity contribution is 5.39. The van der Waals surface area contributed by atoms with Gasteiger partial charge in [0, 0.05) is 0 Å². The maximum atomic E-state index is 2.56. The molecule has 0 nitrogen and oxygen atoms in total. The van der Waals surface area contributed by atoms with Crippen LogP contribution in [0.15, 0.2) is 54.6 Å². The molecule has 0 spiro atoms. The standard InChI is InChI=1S/C25H32/c1-18(19-10-6-5-7-11-19)21-16-17-25(4)22-13-9-8-12-20(22)14-15-23(25)24(21,2)3/h5-13,18,21,23H,14-17H2,1-4H3/t18-,21+,23-,25+/m1/s1. The molecule has 0 heteroatoms. The normalized spacial score (nSPS) is 31.7. The van der Waals surface area contributed by atoms with Gasteiger partial charge in [-0.05, 0) is 71.0 Å². The van der Waals surface area contributed by atoms with E-state index in [4.69, 9.17) is 0 Å². The Labute approximate surface area is 153 Å². The second-order valence-corrected chi connectivity index (χ2v) is 9.33. The van der Waals surface area contributed by atoms with Crippen molar-refractivity contribution in [3.05, 3.63) is 71.3 Å². The van der Waals surface area contributed by atoms with Crippen LogP contribution in [0.25, 0.3) is 0 Å². The van der Waals surface area contributed by atoms with Gasteiger partial charge in [-0.2, -0.15) is 0 Å². The molecule has 4 rings (SSSR count). The first-order valence-electron chi connectivity index (χ1n) is 10.1. The summed E-state index contributed by atoms with van der Waals surface area (Å²) >= 11 is 0. The third kappa shape index (κ3) is 2.57. The van der Waals surface area contributed by atoms with Gasteiger partial charge >= 0.3 is 0 Å².